The fourth-order valence-corrected chi connectivity index (χ4v) is 2.71. The zero-order valence-corrected chi connectivity index (χ0v) is 14.3. The Balaban J connectivity index is 1.51. The van der Waals surface area contributed by atoms with E-state index < -0.39 is 0 Å². The predicted octanol–water partition coefficient (Wildman–Crippen LogP) is 1.37. The minimum atomic E-state index is -0.274. The summed E-state index contributed by atoms with van der Waals surface area (Å²) in [5.41, 5.74) is 0.285. The van der Waals surface area contributed by atoms with E-state index in [1.807, 2.05) is 13.0 Å². The van der Waals surface area contributed by atoms with Crippen LogP contribution in [-0.4, -0.2) is 52.1 Å². The van der Waals surface area contributed by atoms with Crippen LogP contribution in [0.2, 0.25) is 0 Å². The number of rotatable bonds is 6. The minimum absolute atomic E-state index is 0.274. The van der Waals surface area contributed by atoms with Gasteiger partial charge in [-0.15, -0.1) is 0 Å². The molecule has 8 heteroatoms. The largest absolute Gasteiger partial charge is 0.476 e. The van der Waals surface area contributed by atoms with Crippen molar-refractivity contribution < 1.29 is 9.53 Å². The summed E-state index contributed by atoms with van der Waals surface area (Å²) in [5.74, 6) is 1.85. The van der Waals surface area contributed by atoms with E-state index in [0.717, 1.165) is 18.9 Å². The standard InChI is InChI=1S/C17H22N6O2/c1-13-21-15(23-8-3-2-4-9-23)11-16(22-13)25-10-7-20-17(24)14-12-18-5-6-19-14/h5-6,11-12H,2-4,7-10H2,1H3,(H,20,24). The highest BCUT2D eigenvalue weighted by Crippen LogP contribution is 2.21. The average molecular weight is 342 g/mol. The number of aromatic nitrogens is 4. The Kier molecular flexibility index (Phi) is 5.71. The Labute approximate surface area is 146 Å². The number of nitrogens with zero attached hydrogens (tertiary/aromatic N) is 5. The Morgan fingerprint density at radius 1 is 1.24 bits per heavy atom. The van der Waals surface area contributed by atoms with Gasteiger partial charge < -0.3 is 15.0 Å². The van der Waals surface area contributed by atoms with Crippen LogP contribution in [0.1, 0.15) is 35.6 Å². The van der Waals surface area contributed by atoms with Crippen molar-refractivity contribution in [2.75, 3.05) is 31.1 Å². The second-order valence-corrected chi connectivity index (χ2v) is 5.85. The Bertz CT molecular complexity index is 704. The van der Waals surface area contributed by atoms with Crippen molar-refractivity contribution in [3.05, 3.63) is 36.2 Å². The summed E-state index contributed by atoms with van der Waals surface area (Å²) in [4.78, 5) is 30.8. The molecular weight excluding hydrogens is 320 g/mol. The molecule has 1 fully saturated rings. The third-order valence-electron chi connectivity index (χ3n) is 3.91. The van der Waals surface area contributed by atoms with E-state index in [1.54, 1.807) is 0 Å². The maximum absolute atomic E-state index is 11.9. The van der Waals surface area contributed by atoms with Crippen molar-refractivity contribution >= 4 is 11.7 Å². The quantitative estimate of drug-likeness (QED) is 0.793. The van der Waals surface area contributed by atoms with E-state index in [1.165, 1.54) is 37.9 Å². The number of hydrogen-bond donors (Lipinski definition) is 1. The van der Waals surface area contributed by atoms with Crippen molar-refractivity contribution in [2.24, 2.45) is 0 Å². The Morgan fingerprint density at radius 2 is 2.08 bits per heavy atom. The highest BCUT2D eigenvalue weighted by atomic mass is 16.5. The van der Waals surface area contributed by atoms with E-state index >= 15 is 0 Å². The zero-order chi connectivity index (χ0) is 17.5. The molecule has 25 heavy (non-hydrogen) atoms. The van der Waals surface area contributed by atoms with Crippen molar-refractivity contribution in [3.63, 3.8) is 0 Å². The lowest BCUT2D eigenvalue weighted by Crippen LogP contribution is -2.30. The van der Waals surface area contributed by atoms with Crippen LogP contribution in [0.25, 0.3) is 0 Å². The van der Waals surface area contributed by atoms with Crippen molar-refractivity contribution in [1.29, 1.82) is 0 Å². The molecule has 3 heterocycles. The van der Waals surface area contributed by atoms with Gasteiger partial charge in [-0.25, -0.2) is 9.97 Å². The van der Waals surface area contributed by atoms with Gasteiger partial charge in [-0.3, -0.25) is 9.78 Å². The molecule has 0 aromatic carbocycles. The van der Waals surface area contributed by atoms with Gasteiger partial charge in [0, 0.05) is 31.5 Å². The molecule has 0 atom stereocenters. The number of anilines is 1. The second kappa shape index (κ2) is 8.36. The number of nitrogens with one attached hydrogen (secondary N) is 1. The molecule has 1 aliphatic heterocycles. The highest BCUT2D eigenvalue weighted by Gasteiger charge is 2.14. The molecule has 132 valence electrons. The smallest absolute Gasteiger partial charge is 0.271 e. The molecule has 0 unspecified atom stereocenters. The number of amides is 1. The molecule has 2 aromatic rings. The molecule has 0 aliphatic carbocycles. The molecule has 0 bridgehead atoms. The van der Waals surface area contributed by atoms with Gasteiger partial charge in [0.05, 0.1) is 12.7 Å². The van der Waals surface area contributed by atoms with Crippen LogP contribution in [0, 0.1) is 6.92 Å². The molecule has 0 radical (unpaired) electrons. The fourth-order valence-electron chi connectivity index (χ4n) is 2.71. The lowest BCUT2D eigenvalue weighted by molar-refractivity contribution is 0.0941. The third-order valence-corrected chi connectivity index (χ3v) is 3.91. The first-order chi connectivity index (χ1) is 12.2. The van der Waals surface area contributed by atoms with Gasteiger partial charge in [-0.05, 0) is 26.2 Å². The number of ether oxygens (including phenoxy) is 1. The first-order valence-electron chi connectivity index (χ1n) is 8.50. The summed E-state index contributed by atoms with van der Waals surface area (Å²) < 4.78 is 5.68. The highest BCUT2D eigenvalue weighted by molar-refractivity contribution is 5.91. The van der Waals surface area contributed by atoms with Crippen LogP contribution in [0.15, 0.2) is 24.7 Å². The summed E-state index contributed by atoms with van der Waals surface area (Å²) in [7, 11) is 0. The minimum Gasteiger partial charge on any atom is -0.476 e. The summed E-state index contributed by atoms with van der Waals surface area (Å²) in [6, 6.07) is 1.86. The maximum Gasteiger partial charge on any atom is 0.271 e. The number of carbonyl (C=O) groups excluding carboxylic acids is 1. The number of piperidine rings is 1. The van der Waals surface area contributed by atoms with Crippen LogP contribution >= 0.6 is 0 Å². The van der Waals surface area contributed by atoms with Crippen LogP contribution in [0.3, 0.4) is 0 Å². The fraction of sp³-hybridized carbons (Fsp3) is 0.471. The molecule has 3 rings (SSSR count). The van der Waals surface area contributed by atoms with Gasteiger partial charge in [0.2, 0.25) is 5.88 Å². The number of carbonyl (C=O) groups is 1. The Hall–Kier alpha value is -2.77. The topological polar surface area (TPSA) is 93.1 Å². The first kappa shape index (κ1) is 17.1. The first-order valence-corrected chi connectivity index (χ1v) is 8.50. The molecule has 8 nitrogen and oxygen atoms in total. The summed E-state index contributed by atoms with van der Waals surface area (Å²) in [5, 5.41) is 2.74. The lowest BCUT2D eigenvalue weighted by atomic mass is 10.1. The molecule has 1 N–H and O–H groups in total. The third kappa shape index (κ3) is 4.85. The molecule has 1 amide bonds. The van der Waals surface area contributed by atoms with Gasteiger partial charge in [0.15, 0.2) is 0 Å². The van der Waals surface area contributed by atoms with Gasteiger partial charge in [-0.1, -0.05) is 0 Å². The van der Waals surface area contributed by atoms with Crippen molar-refractivity contribution in [3.8, 4) is 5.88 Å². The van der Waals surface area contributed by atoms with E-state index in [0.29, 0.717) is 24.9 Å². The molecule has 1 saturated heterocycles. The molecule has 0 spiro atoms. The molecule has 2 aromatic heterocycles. The summed E-state index contributed by atoms with van der Waals surface area (Å²) >= 11 is 0. The number of hydrogen-bond acceptors (Lipinski definition) is 7. The Morgan fingerprint density at radius 3 is 2.84 bits per heavy atom. The summed E-state index contributed by atoms with van der Waals surface area (Å²) in [6.45, 7) is 4.57. The molecule has 0 saturated carbocycles. The van der Waals surface area contributed by atoms with Crippen molar-refractivity contribution in [1.82, 2.24) is 25.3 Å². The van der Waals surface area contributed by atoms with Crippen LogP contribution in [0.5, 0.6) is 5.88 Å². The SMILES string of the molecule is Cc1nc(OCCNC(=O)c2cnccn2)cc(N2CCCCC2)n1. The van der Waals surface area contributed by atoms with Crippen molar-refractivity contribution in [2.45, 2.75) is 26.2 Å². The van der Waals surface area contributed by atoms with E-state index in [-0.39, 0.29) is 11.6 Å². The van der Waals surface area contributed by atoms with Crippen LogP contribution < -0.4 is 15.0 Å². The average Bonchev–Trinajstić information content (AvgIpc) is 2.66. The maximum atomic E-state index is 11.9. The van der Waals surface area contributed by atoms with E-state index in [2.05, 4.69) is 30.2 Å². The van der Waals surface area contributed by atoms with E-state index in [4.69, 9.17) is 4.74 Å². The predicted molar refractivity (Wildman–Crippen MR) is 92.7 cm³/mol. The lowest BCUT2D eigenvalue weighted by Gasteiger charge is -2.28. The van der Waals surface area contributed by atoms with Gasteiger partial charge in [0.25, 0.3) is 5.91 Å². The van der Waals surface area contributed by atoms with Crippen LogP contribution in [-0.2, 0) is 0 Å². The number of aryl methyl sites for hydroxylation is 1. The zero-order valence-electron chi connectivity index (χ0n) is 14.3. The van der Waals surface area contributed by atoms with Gasteiger partial charge in [-0.2, -0.15) is 4.98 Å². The normalized spacial score (nSPS) is 14.2. The molecule has 1 aliphatic rings. The summed E-state index contributed by atoms with van der Waals surface area (Å²) in [6.07, 6.45) is 8.08. The molecular formula is C17H22N6O2. The second-order valence-electron chi connectivity index (χ2n) is 5.85. The van der Waals surface area contributed by atoms with E-state index in [9.17, 15) is 4.79 Å². The monoisotopic (exact) mass is 342 g/mol. The van der Waals surface area contributed by atoms with Gasteiger partial charge in [0.1, 0.15) is 23.9 Å². The van der Waals surface area contributed by atoms with Gasteiger partial charge >= 0.3 is 0 Å². The van der Waals surface area contributed by atoms with Crippen LogP contribution in [0.4, 0.5) is 5.82 Å².